The van der Waals surface area contributed by atoms with Crippen molar-refractivity contribution in [1.82, 2.24) is 10.3 Å². The van der Waals surface area contributed by atoms with Gasteiger partial charge in [-0.15, -0.1) is 11.3 Å². The van der Waals surface area contributed by atoms with Crippen LogP contribution in [0.1, 0.15) is 86.7 Å². The van der Waals surface area contributed by atoms with Gasteiger partial charge in [0.25, 0.3) is 0 Å². The van der Waals surface area contributed by atoms with E-state index < -0.39 is 0 Å². The number of rotatable bonds is 5. The lowest BCUT2D eigenvalue weighted by atomic mass is 9.83. The van der Waals surface area contributed by atoms with Crippen LogP contribution in [-0.4, -0.2) is 11.0 Å². The molecule has 1 aromatic heterocycles. The van der Waals surface area contributed by atoms with Crippen molar-refractivity contribution in [1.29, 1.82) is 0 Å². The zero-order valence-electron chi connectivity index (χ0n) is 13.1. The van der Waals surface area contributed by atoms with Gasteiger partial charge in [0.2, 0.25) is 0 Å². The zero-order valence-corrected chi connectivity index (χ0v) is 13.9. The topological polar surface area (TPSA) is 24.9 Å². The number of nitrogens with zero attached hydrogens (tertiary/aromatic N) is 1. The fourth-order valence-electron chi connectivity index (χ4n) is 3.32. The van der Waals surface area contributed by atoms with Crippen molar-refractivity contribution in [3.63, 3.8) is 0 Å². The molecule has 2 fully saturated rings. The molecule has 0 aromatic carbocycles. The average molecular weight is 292 g/mol. The minimum atomic E-state index is 0.553. The lowest BCUT2D eigenvalue weighted by Gasteiger charge is -2.24. The highest BCUT2D eigenvalue weighted by atomic mass is 32.1. The van der Waals surface area contributed by atoms with Crippen LogP contribution in [0.3, 0.4) is 0 Å². The summed E-state index contributed by atoms with van der Waals surface area (Å²) >= 11 is 1.99. The van der Waals surface area contributed by atoms with Gasteiger partial charge in [0.1, 0.15) is 0 Å². The number of nitrogens with one attached hydrogen (secondary N) is 1. The van der Waals surface area contributed by atoms with Crippen molar-refractivity contribution in [2.75, 3.05) is 0 Å². The Morgan fingerprint density at radius 1 is 1.25 bits per heavy atom. The van der Waals surface area contributed by atoms with E-state index in [0.717, 1.165) is 24.4 Å². The molecule has 2 aliphatic rings. The first-order valence-electron chi connectivity index (χ1n) is 8.36. The predicted octanol–water partition coefficient (Wildman–Crippen LogP) is 4.81. The van der Waals surface area contributed by atoms with E-state index in [4.69, 9.17) is 4.98 Å². The van der Waals surface area contributed by atoms with E-state index in [2.05, 4.69) is 26.1 Å². The number of hydrogen-bond donors (Lipinski definition) is 1. The minimum Gasteiger partial charge on any atom is -0.309 e. The van der Waals surface area contributed by atoms with E-state index in [1.165, 1.54) is 54.1 Å². The number of thiazole rings is 1. The second-order valence-electron chi connectivity index (χ2n) is 7.14. The summed E-state index contributed by atoms with van der Waals surface area (Å²) in [6.45, 7) is 8.00. The SMILES string of the molecule is CC1CCCC(c2nc(C(C)C)c(CNC3CC3)s2)C1. The molecular weight excluding hydrogens is 264 g/mol. The maximum Gasteiger partial charge on any atom is 0.0962 e. The standard InChI is InChI=1S/C17H28N2S/c1-11(2)16-15(10-18-14-7-8-14)20-17(19-16)13-6-4-5-12(3)9-13/h11-14,18H,4-10H2,1-3H3. The van der Waals surface area contributed by atoms with Crippen molar-refractivity contribution >= 4 is 11.3 Å². The number of hydrogen-bond acceptors (Lipinski definition) is 3. The van der Waals surface area contributed by atoms with Gasteiger partial charge in [-0.3, -0.25) is 0 Å². The molecule has 0 aliphatic heterocycles. The van der Waals surface area contributed by atoms with Crippen molar-refractivity contribution in [2.24, 2.45) is 5.92 Å². The summed E-state index contributed by atoms with van der Waals surface area (Å²) in [4.78, 5) is 6.54. The molecule has 0 bridgehead atoms. The lowest BCUT2D eigenvalue weighted by Crippen LogP contribution is -2.15. The van der Waals surface area contributed by atoms with Gasteiger partial charge in [-0.1, -0.05) is 33.6 Å². The molecule has 2 aliphatic carbocycles. The Kier molecular flexibility index (Phi) is 4.46. The van der Waals surface area contributed by atoms with Gasteiger partial charge >= 0.3 is 0 Å². The summed E-state index contributed by atoms with van der Waals surface area (Å²) in [5, 5.41) is 5.09. The molecular formula is C17H28N2S. The molecule has 1 aromatic rings. The van der Waals surface area contributed by atoms with Crippen LogP contribution in [0.2, 0.25) is 0 Å². The molecule has 20 heavy (non-hydrogen) atoms. The molecule has 2 unspecified atom stereocenters. The average Bonchev–Trinajstić information content (AvgIpc) is 3.14. The maximum atomic E-state index is 5.04. The smallest absolute Gasteiger partial charge is 0.0962 e. The van der Waals surface area contributed by atoms with E-state index >= 15 is 0 Å². The van der Waals surface area contributed by atoms with Gasteiger partial charge in [-0.05, 0) is 37.5 Å². The fraction of sp³-hybridized carbons (Fsp3) is 0.824. The van der Waals surface area contributed by atoms with E-state index in [0.29, 0.717) is 5.92 Å². The van der Waals surface area contributed by atoms with Crippen LogP contribution >= 0.6 is 11.3 Å². The third-order valence-corrected chi connectivity index (χ3v) is 5.94. The molecule has 0 radical (unpaired) electrons. The first-order chi connectivity index (χ1) is 9.63. The van der Waals surface area contributed by atoms with Crippen LogP contribution in [0, 0.1) is 5.92 Å². The van der Waals surface area contributed by atoms with Crippen molar-refractivity contribution in [3.8, 4) is 0 Å². The zero-order chi connectivity index (χ0) is 14.1. The molecule has 0 saturated heterocycles. The Labute approximate surface area is 127 Å². The van der Waals surface area contributed by atoms with E-state index in [1.54, 1.807) is 0 Å². The van der Waals surface area contributed by atoms with E-state index in [-0.39, 0.29) is 0 Å². The first kappa shape index (κ1) is 14.5. The van der Waals surface area contributed by atoms with E-state index in [1.807, 2.05) is 11.3 Å². The maximum absolute atomic E-state index is 5.04. The van der Waals surface area contributed by atoms with Crippen LogP contribution in [0.15, 0.2) is 0 Å². The van der Waals surface area contributed by atoms with Gasteiger partial charge in [-0.2, -0.15) is 0 Å². The van der Waals surface area contributed by atoms with Crippen molar-refractivity contribution < 1.29 is 0 Å². The third kappa shape index (κ3) is 3.43. The van der Waals surface area contributed by atoms with Gasteiger partial charge in [-0.25, -0.2) is 4.98 Å². The monoisotopic (exact) mass is 292 g/mol. The van der Waals surface area contributed by atoms with E-state index in [9.17, 15) is 0 Å². The molecule has 0 amide bonds. The Morgan fingerprint density at radius 2 is 2.05 bits per heavy atom. The highest BCUT2D eigenvalue weighted by molar-refractivity contribution is 7.11. The lowest BCUT2D eigenvalue weighted by molar-refractivity contribution is 0.343. The molecule has 0 spiro atoms. The highest BCUT2D eigenvalue weighted by Gasteiger charge is 2.26. The summed E-state index contributed by atoms with van der Waals surface area (Å²) in [7, 11) is 0. The molecule has 3 heteroatoms. The molecule has 1 N–H and O–H groups in total. The van der Waals surface area contributed by atoms with Crippen LogP contribution in [0.5, 0.6) is 0 Å². The molecule has 3 rings (SSSR count). The summed E-state index contributed by atoms with van der Waals surface area (Å²) in [6.07, 6.45) is 8.23. The molecule has 2 atom stereocenters. The number of aromatic nitrogens is 1. The largest absolute Gasteiger partial charge is 0.309 e. The fourth-order valence-corrected chi connectivity index (χ4v) is 4.64. The second kappa shape index (κ2) is 6.15. The Hall–Kier alpha value is -0.410. The molecule has 2 nitrogen and oxygen atoms in total. The first-order valence-corrected chi connectivity index (χ1v) is 9.18. The highest BCUT2D eigenvalue weighted by Crippen LogP contribution is 2.39. The normalized spacial score (nSPS) is 27.2. The van der Waals surface area contributed by atoms with Gasteiger partial charge < -0.3 is 5.32 Å². The Balaban J connectivity index is 1.74. The van der Waals surface area contributed by atoms with Gasteiger partial charge in [0, 0.05) is 23.4 Å². The molecule has 112 valence electrons. The van der Waals surface area contributed by atoms with Gasteiger partial charge in [0.15, 0.2) is 0 Å². The molecule has 2 saturated carbocycles. The minimum absolute atomic E-state index is 0.553. The van der Waals surface area contributed by atoms with Crippen LogP contribution in [0.4, 0.5) is 0 Å². The third-order valence-electron chi connectivity index (χ3n) is 4.71. The Morgan fingerprint density at radius 3 is 2.70 bits per heavy atom. The summed E-state index contributed by atoms with van der Waals surface area (Å²) in [5.74, 6) is 2.17. The quantitative estimate of drug-likeness (QED) is 0.842. The summed E-state index contributed by atoms with van der Waals surface area (Å²) in [5.41, 5.74) is 1.36. The summed E-state index contributed by atoms with van der Waals surface area (Å²) in [6, 6.07) is 0.787. The van der Waals surface area contributed by atoms with Crippen molar-refractivity contribution in [2.45, 2.75) is 83.7 Å². The predicted molar refractivity (Wildman–Crippen MR) is 86.4 cm³/mol. The van der Waals surface area contributed by atoms with Crippen LogP contribution in [-0.2, 0) is 6.54 Å². The summed E-state index contributed by atoms with van der Waals surface area (Å²) < 4.78 is 0. The van der Waals surface area contributed by atoms with Crippen molar-refractivity contribution in [3.05, 3.63) is 15.6 Å². The Bertz CT molecular complexity index is 448. The van der Waals surface area contributed by atoms with Gasteiger partial charge in [0.05, 0.1) is 10.7 Å². The van der Waals surface area contributed by atoms with Crippen LogP contribution in [0.25, 0.3) is 0 Å². The second-order valence-corrected chi connectivity index (χ2v) is 8.25. The molecule has 1 heterocycles. The van der Waals surface area contributed by atoms with Crippen LogP contribution < -0.4 is 5.32 Å².